The van der Waals surface area contributed by atoms with Gasteiger partial charge in [0, 0.05) is 12.3 Å². The first-order valence-electron chi connectivity index (χ1n) is 6.60. The van der Waals surface area contributed by atoms with Crippen molar-refractivity contribution in [2.24, 2.45) is 0 Å². The average molecular weight is 302 g/mol. The quantitative estimate of drug-likeness (QED) is 0.614. The molecule has 2 nitrogen and oxygen atoms in total. The normalized spacial score (nSPS) is 12.8. The molecule has 20 heavy (non-hydrogen) atoms. The standard InChI is InChI=1S/C16H17NOPS/c1-16(2,3)19(18)15-9-8-14(20-15)17-11-10-12-6-4-5-7-13(12)17/h4-11H,1-3H3/q+1. The summed E-state index contributed by atoms with van der Waals surface area (Å²) >= 11 is 1.62. The summed E-state index contributed by atoms with van der Waals surface area (Å²) < 4.78 is 15.6. The second-order valence-electron chi connectivity index (χ2n) is 5.82. The van der Waals surface area contributed by atoms with Crippen LogP contribution in [0.1, 0.15) is 20.8 Å². The van der Waals surface area contributed by atoms with Gasteiger partial charge in [-0.2, -0.15) is 0 Å². The number of para-hydroxylation sites is 1. The maximum absolute atomic E-state index is 12.5. The van der Waals surface area contributed by atoms with E-state index < -0.39 is 7.80 Å². The molecular weight excluding hydrogens is 285 g/mol. The molecule has 0 amide bonds. The molecule has 2 heterocycles. The first-order chi connectivity index (χ1) is 9.47. The molecule has 0 bridgehead atoms. The van der Waals surface area contributed by atoms with E-state index in [1.54, 1.807) is 11.3 Å². The number of hydrogen-bond acceptors (Lipinski definition) is 2. The molecule has 0 aliphatic carbocycles. The number of fused-ring (bicyclic) bond motifs is 1. The summed E-state index contributed by atoms with van der Waals surface area (Å²) in [5, 5.41) is 2.16. The van der Waals surface area contributed by atoms with Crippen LogP contribution in [0.25, 0.3) is 15.9 Å². The van der Waals surface area contributed by atoms with Crippen LogP contribution in [0.5, 0.6) is 0 Å². The molecule has 1 unspecified atom stereocenters. The van der Waals surface area contributed by atoms with Gasteiger partial charge < -0.3 is 4.57 Å². The van der Waals surface area contributed by atoms with Gasteiger partial charge in [0.05, 0.1) is 5.52 Å². The van der Waals surface area contributed by atoms with Gasteiger partial charge in [0.25, 0.3) is 0 Å². The number of thiophene rings is 1. The van der Waals surface area contributed by atoms with Gasteiger partial charge in [-0.05, 0) is 44.4 Å². The van der Waals surface area contributed by atoms with E-state index in [0.29, 0.717) is 0 Å². The molecule has 0 radical (unpaired) electrons. The summed E-state index contributed by atoms with van der Waals surface area (Å²) in [4.78, 5) is 0. The highest BCUT2D eigenvalue weighted by atomic mass is 32.1. The third kappa shape index (κ3) is 2.32. The molecule has 3 aromatic rings. The molecule has 1 atom stereocenters. The molecule has 3 rings (SSSR count). The monoisotopic (exact) mass is 302 g/mol. The lowest BCUT2D eigenvalue weighted by atomic mass is 10.2. The van der Waals surface area contributed by atoms with Crippen molar-refractivity contribution in [2.75, 3.05) is 0 Å². The largest absolute Gasteiger partial charge is 0.393 e. The zero-order valence-electron chi connectivity index (χ0n) is 11.8. The lowest BCUT2D eigenvalue weighted by Crippen LogP contribution is -2.12. The second-order valence-corrected chi connectivity index (χ2v) is 9.60. The number of hydrogen-bond donors (Lipinski definition) is 0. The SMILES string of the molecule is CC(C)(C)[P+](=O)c1ccc(-n2ccc3ccccc32)s1. The molecule has 4 heteroatoms. The van der Waals surface area contributed by atoms with Crippen LogP contribution in [0, 0.1) is 0 Å². The van der Waals surface area contributed by atoms with Crippen molar-refractivity contribution in [3.8, 4) is 5.00 Å². The fourth-order valence-electron chi connectivity index (χ4n) is 2.16. The lowest BCUT2D eigenvalue weighted by molar-refractivity contribution is 0.572. The van der Waals surface area contributed by atoms with Gasteiger partial charge in [-0.25, -0.2) is 0 Å². The molecule has 1 aromatic carbocycles. The summed E-state index contributed by atoms with van der Waals surface area (Å²) in [7, 11) is -1.36. The van der Waals surface area contributed by atoms with E-state index in [4.69, 9.17) is 0 Å². The van der Waals surface area contributed by atoms with Crippen molar-refractivity contribution in [3.63, 3.8) is 0 Å². The Bertz CT molecular complexity index is 779. The predicted octanol–water partition coefficient (Wildman–Crippen LogP) is 4.94. The fourth-order valence-corrected chi connectivity index (χ4v) is 5.21. The van der Waals surface area contributed by atoms with Crippen molar-refractivity contribution in [1.82, 2.24) is 4.57 Å². The number of rotatable bonds is 2. The Morgan fingerprint density at radius 2 is 1.80 bits per heavy atom. The van der Waals surface area contributed by atoms with E-state index in [0.717, 1.165) is 9.62 Å². The number of benzene rings is 1. The summed E-state index contributed by atoms with van der Waals surface area (Å²) in [6.07, 6.45) is 2.07. The minimum Gasteiger partial charge on any atom is -0.308 e. The fraction of sp³-hybridized carbons (Fsp3) is 0.250. The van der Waals surface area contributed by atoms with Gasteiger partial charge in [0.15, 0.2) is 5.16 Å². The van der Waals surface area contributed by atoms with Crippen LogP contribution in [0.4, 0.5) is 0 Å². The molecule has 0 saturated heterocycles. The van der Waals surface area contributed by atoms with Gasteiger partial charge >= 0.3 is 7.80 Å². The van der Waals surface area contributed by atoms with Crippen LogP contribution in [0.15, 0.2) is 48.7 Å². The minimum absolute atomic E-state index is 0.184. The second kappa shape index (κ2) is 4.83. The first-order valence-corrected chi connectivity index (χ1v) is 8.68. The molecule has 0 aliphatic rings. The van der Waals surface area contributed by atoms with Crippen LogP contribution in [-0.2, 0) is 4.57 Å². The highest BCUT2D eigenvalue weighted by molar-refractivity contribution is 7.63. The predicted molar refractivity (Wildman–Crippen MR) is 88.1 cm³/mol. The maximum atomic E-state index is 12.5. The summed E-state index contributed by atoms with van der Waals surface area (Å²) in [5.74, 6) is 0. The summed E-state index contributed by atoms with van der Waals surface area (Å²) in [6.45, 7) is 6.07. The van der Waals surface area contributed by atoms with Crippen molar-refractivity contribution in [1.29, 1.82) is 0 Å². The smallest absolute Gasteiger partial charge is 0.308 e. The van der Waals surface area contributed by atoms with Gasteiger partial charge in [-0.3, -0.25) is 0 Å². The molecule has 0 saturated carbocycles. The van der Waals surface area contributed by atoms with E-state index in [-0.39, 0.29) is 5.16 Å². The Labute approximate surface area is 123 Å². The van der Waals surface area contributed by atoms with Crippen molar-refractivity contribution < 1.29 is 4.57 Å². The number of aromatic nitrogens is 1. The van der Waals surface area contributed by atoms with Gasteiger partial charge in [-0.1, -0.05) is 34.1 Å². The number of nitrogens with zero attached hydrogens (tertiary/aromatic N) is 1. The molecule has 2 aromatic heterocycles. The third-order valence-electron chi connectivity index (χ3n) is 3.22. The highest BCUT2D eigenvalue weighted by Crippen LogP contribution is 2.40. The Balaban J connectivity index is 2.04. The Kier molecular flexibility index (Phi) is 3.27. The zero-order valence-corrected chi connectivity index (χ0v) is 13.5. The van der Waals surface area contributed by atoms with E-state index >= 15 is 0 Å². The Hall–Kier alpha value is -1.44. The van der Waals surface area contributed by atoms with Crippen molar-refractivity contribution >= 4 is 34.7 Å². The van der Waals surface area contributed by atoms with Gasteiger partial charge in [-0.15, -0.1) is 0 Å². The van der Waals surface area contributed by atoms with E-state index in [2.05, 4.69) is 35.0 Å². The van der Waals surface area contributed by atoms with Gasteiger partial charge in [0.2, 0.25) is 4.62 Å². The maximum Gasteiger partial charge on any atom is 0.393 e. The highest BCUT2D eigenvalue weighted by Gasteiger charge is 2.37. The Morgan fingerprint density at radius 3 is 2.55 bits per heavy atom. The molecular formula is C16H17NOPS+. The van der Waals surface area contributed by atoms with Crippen LogP contribution in [0.3, 0.4) is 0 Å². The molecule has 0 N–H and O–H groups in total. The minimum atomic E-state index is -1.36. The van der Waals surface area contributed by atoms with E-state index in [9.17, 15) is 4.57 Å². The first kappa shape index (κ1) is 13.5. The molecule has 0 spiro atoms. The lowest BCUT2D eigenvalue weighted by Gasteiger charge is -2.03. The van der Waals surface area contributed by atoms with Crippen LogP contribution in [-0.4, -0.2) is 9.72 Å². The zero-order chi connectivity index (χ0) is 14.3. The summed E-state index contributed by atoms with van der Waals surface area (Å²) in [6, 6.07) is 14.5. The van der Waals surface area contributed by atoms with Crippen LogP contribution >= 0.6 is 19.1 Å². The van der Waals surface area contributed by atoms with Crippen molar-refractivity contribution in [2.45, 2.75) is 25.9 Å². The van der Waals surface area contributed by atoms with Crippen LogP contribution in [0.2, 0.25) is 0 Å². The molecule has 0 fully saturated rings. The Morgan fingerprint density at radius 1 is 1.05 bits per heavy atom. The van der Waals surface area contributed by atoms with Gasteiger partial charge in [0.1, 0.15) is 5.00 Å². The summed E-state index contributed by atoms with van der Waals surface area (Å²) in [5.41, 5.74) is 1.19. The van der Waals surface area contributed by atoms with Crippen LogP contribution < -0.4 is 4.62 Å². The van der Waals surface area contributed by atoms with E-state index in [1.165, 1.54) is 10.9 Å². The van der Waals surface area contributed by atoms with E-state index in [1.807, 2.05) is 39.0 Å². The third-order valence-corrected chi connectivity index (χ3v) is 6.65. The molecule has 0 aliphatic heterocycles. The average Bonchev–Trinajstić information content (AvgIpc) is 3.02. The topological polar surface area (TPSA) is 22.0 Å². The molecule has 102 valence electrons. The van der Waals surface area contributed by atoms with Crippen molar-refractivity contribution in [3.05, 3.63) is 48.7 Å².